The van der Waals surface area contributed by atoms with Crippen LogP contribution in [0, 0.1) is 0 Å². The van der Waals surface area contributed by atoms with Gasteiger partial charge in [-0.05, 0) is 12.1 Å². The van der Waals surface area contributed by atoms with Gasteiger partial charge in [-0.1, -0.05) is 0 Å². The molecule has 11 heteroatoms. The molecule has 0 saturated carbocycles. The summed E-state index contributed by atoms with van der Waals surface area (Å²) < 4.78 is 2.62. The highest BCUT2D eigenvalue weighted by Gasteiger charge is 2.08. The van der Waals surface area contributed by atoms with Gasteiger partial charge in [0, 0.05) is 18.7 Å². The smallest absolute Gasteiger partial charge is 0.271 e. The zero-order valence-electron chi connectivity index (χ0n) is 12.3. The van der Waals surface area contributed by atoms with Crippen molar-refractivity contribution in [2.24, 2.45) is 0 Å². The molecule has 3 aromatic rings. The predicted octanol–water partition coefficient (Wildman–Crippen LogP) is -1.66. The highest BCUT2D eigenvalue weighted by molar-refractivity contribution is 5.91. The van der Waals surface area contributed by atoms with Crippen molar-refractivity contribution >= 4 is 5.91 Å². The Morgan fingerprint density at radius 1 is 1.21 bits per heavy atom. The summed E-state index contributed by atoms with van der Waals surface area (Å²) in [6.07, 6.45) is 2.81. The molecule has 11 nitrogen and oxygen atoms in total. The lowest BCUT2D eigenvalue weighted by atomic mass is 10.3. The normalized spacial score (nSPS) is 10.5. The topological polar surface area (TPSA) is 140 Å². The van der Waals surface area contributed by atoms with Crippen LogP contribution in [-0.4, -0.2) is 47.2 Å². The third kappa shape index (κ3) is 3.40. The van der Waals surface area contributed by atoms with Gasteiger partial charge in [0.05, 0.1) is 6.54 Å². The molecule has 0 aromatic carbocycles. The van der Waals surface area contributed by atoms with Crippen molar-refractivity contribution in [1.82, 2.24) is 40.1 Å². The highest BCUT2D eigenvalue weighted by Crippen LogP contribution is 1.96. The summed E-state index contributed by atoms with van der Waals surface area (Å²) in [6.45, 7) is 0.323. The molecule has 2 N–H and O–H groups in total. The molecule has 3 rings (SSSR count). The molecular formula is C13H12N8O3. The molecule has 3 heterocycles. The highest BCUT2D eigenvalue weighted by atomic mass is 16.2. The molecule has 0 bridgehead atoms. The minimum atomic E-state index is -0.466. The van der Waals surface area contributed by atoms with E-state index in [0.717, 1.165) is 0 Å². The zero-order valence-corrected chi connectivity index (χ0v) is 12.3. The molecule has 0 atom stereocenters. The Balaban J connectivity index is 1.65. The Kier molecular flexibility index (Phi) is 4.23. The van der Waals surface area contributed by atoms with Crippen LogP contribution in [0.4, 0.5) is 0 Å². The van der Waals surface area contributed by atoms with Crippen LogP contribution in [0.1, 0.15) is 10.5 Å². The van der Waals surface area contributed by atoms with Gasteiger partial charge in [0.1, 0.15) is 18.3 Å². The average molecular weight is 328 g/mol. The van der Waals surface area contributed by atoms with Gasteiger partial charge in [-0.2, -0.15) is 10.2 Å². The Morgan fingerprint density at radius 3 is 2.79 bits per heavy atom. The number of aromatic amines is 1. The molecule has 0 unspecified atom stereocenters. The van der Waals surface area contributed by atoms with Gasteiger partial charge < -0.3 is 5.32 Å². The molecule has 0 aliphatic heterocycles. The summed E-state index contributed by atoms with van der Waals surface area (Å²) in [6, 6.07) is 5.39. The van der Waals surface area contributed by atoms with Crippen molar-refractivity contribution in [2.45, 2.75) is 6.54 Å². The zero-order chi connectivity index (χ0) is 16.9. The summed E-state index contributed by atoms with van der Waals surface area (Å²) in [5.74, 6) is -0.0348. The summed E-state index contributed by atoms with van der Waals surface area (Å²) >= 11 is 0. The van der Waals surface area contributed by atoms with Crippen LogP contribution in [0.2, 0.25) is 0 Å². The monoisotopic (exact) mass is 328 g/mol. The van der Waals surface area contributed by atoms with Crippen LogP contribution < -0.4 is 16.4 Å². The summed E-state index contributed by atoms with van der Waals surface area (Å²) in [5.41, 5.74) is -0.631. The van der Waals surface area contributed by atoms with E-state index in [4.69, 9.17) is 0 Å². The average Bonchev–Trinajstić information content (AvgIpc) is 3.11. The van der Waals surface area contributed by atoms with Gasteiger partial charge in [0.25, 0.3) is 17.0 Å². The quantitative estimate of drug-likeness (QED) is 0.571. The lowest BCUT2D eigenvalue weighted by Gasteiger charge is -2.07. The lowest BCUT2D eigenvalue weighted by Crippen LogP contribution is -2.33. The molecule has 0 aliphatic carbocycles. The van der Waals surface area contributed by atoms with Gasteiger partial charge in [0.2, 0.25) is 0 Å². The van der Waals surface area contributed by atoms with E-state index >= 15 is 0 Å². The molecule has 122 valence electrons. The maximum Gasteiger partial charge on any atom is 0.271 e. The Labute approximate surface area is 134 Å². The second-order valence-electron chi connectivity index (χ2n) is 4.66. The second-order valence-corrected chi connectivity index (χ2v) is 4.66. The standard InChI is InChI=1S/C13H12N8O3/c22-11-3-1-9(17-18-11)13(24)15-5-6-20-12(23)4-2-10(19-20)21-8-14-7-16-21/h1-4,7-8H,5-6H2,(H,15,24)(H,18,22). The number of carbonyl (C=O) groups excluding carboxylic acids is 1. The largest absolute Gasteiger partial charge is 0.349 e. The lowest BCUT2D eigenvalue weighted by molar-refractivity contribution is 0.0945. The predicted molar refractivity (Wildman–Crippen MR) is 80.6 cm³/mol. The van der Waals surface area contributed by atoms with E-state index in [0.29, 0.717) is 5.82 Å². The van der Waals surface area contributed by atoms with E-state index in [-0.39, 0.29) is 24.3 Å². The maximum atomic E-state index is 11.9. The van der Waals surface area contributed by atoms with E-state index in [9.17, 15) is 14.4 Å². The number of carbonyl (C=O) groups is 1. The van der Waals surface area contributed by atoms with Crippen molar-refractivity contribution in [2.75, 3.05) is 6.54 Å². The summed E-state index contributed by atoms with van der Waals surface area (Å²) in [7, 11) is 0. The Morgan fingerprint density at radius 2 is 2.08 bits per heavy atom. The molecular weight excluding hydrogens is 316 g/mol. The first-order valence-electron chi connectivity index (χ1n) is 6.90. The first kappa shape index (κ1) is 15.3. The minimum absolute atomic E-state index is 0.0753. The molecule has 24 heavy (non-hydrogen) atoms. The van der Waals surface area contributed by atoms with Crippen molar-refractivity contribution < 1.29 is 4.79 Å². The molecule has 1 amide bonds. The van der Waals surface area contributed by atoms with Gasteiger partial charge in [-0.25, -0.2) is 19.4 Å². The third-order valence-corrected chi connectivity index (χ3v) is 3.03. The Hall–Kier alpha value is -3.63. The number of rotatable bonds is 5. The fourth-order valence-electron chi connectivity index (χ4n) is 1.88. The number of nitrogens with one attached hydrogen (secondary N) is 2. The number of aromatic nitrogens is 7. The van der Waals surface area contributed by atoms with Crippen LogP contribution in [-0.2, 0) is 6.54 Å². The minimum Gasteiger partial charge on any atom is -0.349 e. The van der Waals surface area contributed by atoms with Gasteiger partial charge >= 0.3 is 0 Å². The third-order valence-electron chi connectivity index (χ3n) is 3.03. The van der Waals surface area contributed by atoms with Gasteiger partial charge in [-0.3, -0.25) is 14.4 Å². The van der Waals surface area contributed by atoms with Crippen LogP contribution in [0.25, 0.3) is 5.82 Å². The maximum absolute atomic E-state index is 11.9. The number of amides is 1. The van der Waals surface area contributed by atoms with Crippen molar-refractivity contribution in [3.05, 3.63) is 63.3 Å². The van der Waals surface area contributed by atoms with E-state index in [1.54, 1.807) is 0 Å². The molecule has 3 aromatic heterocycles. The molecule has 0 fully saturated rings. The fraction of sp³-hybridized carbons (Fsp3) is 0.154. The van der Waals surface area contributed by atoms with Gasteiger partial charge in [0.15, 0.2) is 5.82 Å². The molecule has 0 saturated heterocycles. The molecule has 0 radical (unpaired) electrons. The van der Waals surface area contributed by atoms with E-state index in [2.05, 4.69) is 30.7 Å². The Bertz CT molecular complexity index is 939. The number of H-pyrrole nitrogens is 1. The first-order chi connectivity index (χ1) is 11.6. The van der Waals surface area contributed by atoms with Gasteiger partial charge in [-0.15, -0.1) is 5.10 Å². The van der Waals surface area contributed by atoms with E-state index in [1.165, 1.54) is 46.3 Å². The fourth-order valence-corrected chi connectivity index (χ4v) is 1.88. The van der Waals surface area contributed by atoms with E-state index < -0.39 is 11.5 Å². The van der Waals surface area contributed by atoms with Crippen LogP contribution in [0.5, 0.6) is 0 Å². The molecule has 0 aliphatic rings. The first-order valence-corrected chi connectivity index (χ1v) is 6.90. The number of hydrogen-bond donors (Lipinski definition) is 2. The van der Waals surface area contributed by atoms with Crippen LogP contribution in [0.3, 0.4) is 0 Å². The van der Waals surface area contributed by atoms with Crippen LogP contribution in [0.15, 0.2) is 46.5 Å². The van der Waals surface area contributed by atoms with Crippen molar-refractivity contribution in [1.29, 1.82) is 0 Å². The number of nitrogens with zero attached hydrogens (tertiary/aromatic N) is 6. The van der Waals surface area contributed by atoms with Crippen molar-refractivity contribution in [3.63, 3.8) is 0 Å². The van der Waals surface area contributed by atoms with Crippen LogP contribution >= 0.6 is 0 Å². The SMILES string of the molecule is O=C(NCCn1nc(-n2cncn2)ccc1=O)c1ccc(=O)[nH]n1. The summed E-state index contributed by atoms with van der Waals surface area (Å²) in [4.78, 5) is 38.4. The van der Waals surface area contributed by atoms with Crippen molar-refractivity contribution in [3.8, 4) is 5.82 Å². The van der Waals surface area contributed by atoms with E-state index in [1.807, 2.05) is 0 Å². The molecule has 0 spiro atoms. The number of hydrogen-bond acceptors (Lipinski definition) is 7. The second kappa shape index (κ2) is 6.64. The summed E-state index contributed by atoms with van der Waals surface area (Å²) in [5, 5.41) is 16.5.